The Bertz CT molecular complexity index is 1400. The number of aromatic nitrogens is 5. The molecule has 4 aromatic rings. The number of carbonyl (C=O) groups is 2. The van der Waals surface area contributed by atoms with Crippen LogP contribution in [0.15, 0.2) is 30.6 Å². The Kier molecular flexibility index (Phi) is 5.07. The van der Waals surface area contributed by atoms with Crippen molar-refractivity contribution in [2.24, 2.45) is 7.05 Å². The molecule has 0 saturated carbocycles. The SMILES string of the molecule is CC(=O)N1CCC(c2nn(CC(=O)O)c3nccc(-c4cc5c(cnn5C)cc4F)c23)CC1. The van der Waals surface area contributed by atoms with Crippen molar-refractivity contribution in [2.75, 3.05) is 13.1 Å². The van der Waals surface area contributed by atoms with Gasteiger partial charge in [-0.3, -0.25) is 14.3 Å². The number of fused-ring (bicyclic) bond motifs is 2. The molecule has 170 valence electrons. The van der Waals surface area contributed by atoms with Crippen LogP contribution >= 0.6 is 0 Å². The largest absolute Gasteiger partial charge is 0.480 e. The summed E-state index contributed by atoms with van der Waals surface area (Å²) in [6.07, 6.45) is 4.54. The highest BCUT2D eigenvalue weighted by atomic mass is 19.1. The summed E-state index contributed by atoms with van der Waals surface area (Å²) >= 11 is 0. The molecule has 0 aliphatic carbocycles. The van der Waals surface area contributed by atoms with E-state index in [-0.39, 0.29) is 18.4 Å². The lowest BCUT2D eigenvalue weighted by atomic mass is 9.89. The van der Waals surface area contributed by atoms with Gasteiger partial charge < -0.3 is 10.0 Å². The average molecular weight is 450 g/mol. The molecule has 1 fully saturated rings. The number of piperidine rings is 1. The van der Waals surface area contributed by atoms with Crippen LogP contribution in [0.3, 0.4) is 0 Å². The molecular weight excluding hydrogens is 427 g/mol. The molecule has 0 atom stereocenters. The number of aryl methyl sites for hydroxylation is 1. The predicted octanol–water partition coefficient (Wildman–Crippen LogP) is 2.93. The highest BCUT2D eigenvalue weighted by molar-refractivity contribution is 5.98. The molecule has 33 heavy (non-hydrogen) atoms. The van der Waals surface area contributed by atoms with Gasteiger partial charge >= 0.3 is 5.97 Å². The molecular formula is C23H23FN6O3. The van der Waals surface area contributed by atoms with Gasteiger partial charge in [0.05, 0.1) is 22.8 Å². The molecule has 1 aromatic carbocycles. The van der Waals surface area contributed by atoms with E-state index in [0.29, 0.717) is 59.2 Å². The Morgan fingerprint density at radius 3 is 2.67 bits per heavy atom. The zero-order valence-electron chi connectivity index (χ0n) is 18.3. The third kappa shape index (κ3) is 3.61. The van der Waals surface area contributed by atoms with Crippen molar-refractivity contribution in [3.05, 3.63) is 42.1 Å². The molecule has 5 rings (SSSR count). The Morgan fingerprint density at radius 2 is 1.97 bits per heavy atom. The maximum absolute atomic E-state index is 15.3. The molecule has 0 radical (unpaired) electrons. The van der Waals surface area contributed by atoms with E-state index in [1.807, 2.05) is 0 Å². The molecule has 1 amide bonds. The highest BCUT2D eigenvalue weighted by Crippen LogP contribution is 2.39. The molecule has 4 heterocycles. The first-order valence-corrected chi connectivity index (χ1v) is 10.8. The number of likely N-dealkylation sites (tertiary alicyclic amines) is 1. The third-order valence-electron chi connectivity index (χ3n) is 6.40. The lowest BCUT2D eigenvalue weighted by molar-refractivity contribution is -0.137. The second kappa shape index (κ2) is 7.95. The summed E-state index contributed by atoms with van der Waals surface area (Å²) in [5.74, 6) is -1.40. The van der Waals surface area contributed by atoms with E-state index < -0.39 is 11.8 Å². The number of pyridine rings is 1. The number of aliphatic carboxylic acids is 1. The van der Waals surface area contributed by atoms with Crippen molar-refractivity contribution in [1.82, 2.24) is 29.4 Å². The van der Waals surface area contributed by atoms with Crippen LogP contribution in [0.1, 0.15) is 31.4 Å². The minimum Gasteiger partial charge on any atom is -0.480 e. The fourth-order valence-corrected chi connectivity index (χ4v) is 4.72. The zero-order valence-corrected chi connectivity index (χ0v) is 18.3. The number of halogens is 1. The van der Waals surface area contributed by atoms with E-state index in [1.54, 1.807) is 48.1 Å². The van der Waals surface area contributed by atoms with Crippen molar-refractivity contribution < 1.29 is 19.1 Å². The predicted molar refractivity (Wildman–Crippen MR) is 119 cm³/mol. The second-order valence-electron chi connectivity index (χ2n) is 8.43. The molecule has 0 unspecified atom stereocenters. The van der Waals surface area contributed by atoms with Crippen molar-refractivity contribution in [3.8, 4) is 11.1 Å². The first kappa shape index (κ1) is 21.0. The maximum atomic E-state index is 15.3. The lowest BCUT2D eigenvalue weighted by Gasteiger charge is -2.30. The summed E-state index contributed by atoms with van der Waals surface area (Å²) in [7, 11) is 1.80. The standard InChI is InChI=1S/C23H23FN6O3/c1-13(31)29-7-4-14(5-8-29)22-21-16(3-6-25-23(21)30(27-22)12-20(32)33)17-10-19-15(9-18(17)24)11-26-28(19)2/h3,6,9-11,14H,4-5,7-8,12H2,1-2H3,(H,32,33). The topological polar surface area (TPSA) is 106 Å². The van der Waals surface area contributed by atoms with Crippen LogP contribution in [0, 0.1) is 5.82 Å². The fraction of sp³-hybridized carbons (Fsp3) is 0.348. The number of carboxylic acid groups (broad SMARTS) is 1. The van der Waals surface area contributed by atoms with Gasteiger partial charge in [0.25, 0.3) is 0 Å². The molecule has 9 nitrogen and oxygen atoms in total. The summed E-state index contributed by atoms with van der Waals surface area (Å²) in [4.78, 5) is 29.4. The minimum atomic E-state index is -1.04. The van der Waals surface area contributed by atoms with Crippen LogP contribution in [0.2, 0.25) is 0 Å². The van der Waals surface area contributed by atoms with E-state index in [2.05, 4.69) is 15.2 Å². The molecule has 10 heteroatoms. The number of rotatable bonds is 4. The van der Waals surface area contributed by atoms with Gasteiger partial charge in [-0.05, 0) is 36.6 Å². The van der Waals surface area contributed by atoms with Gasteiger partial charge in [0.15, 0.2) is 5.65 Å². The van der Waals surface area contributed by atoms with Gasteiger partial charge in [0.2, 0.25) is 5.91 Å². The van der Waals surface area contributed by atoms with E-state index in [1.165, 1.54) is 10.7 Å². The normalized spacial score (nSPS) is 14.9. The summed E-state index contributed by atoms with van der Waals surface area (Å²) in [5.41, 5.74) is 2.88. The number of amides is 1. The van der Waals surface area contributed by atoms with Crippen LogP contribution in [-0.2, 0) is 23.2 Å². The summed E-state index contributed by atoms with van der Waals surface area (Å²) in [6, 6.07) is 4.95. The van der Waals surface area contributed by atoms with Crippen molar-refractivity contribution in [2.45, 2.75) is 32.2 Å². The number of hydrogen-bond donors (Lipinski definition) is 1. The summed E-state index contributed by atoms with van der Waals surface area (Å²) in [6.45, 7) is 2.40. The van der Waals surface area contributed by atoms with Crippen LogP contribution in [0.5, 0.6) is 0 Å². The van der Waals surface area contributed by atoms with Crippen molar-refractivity contribution in [1.29, 1.82) is 0 Å². The van der Waals surface area contributed by atoms with Crippen LogP contribution in [0.4, 0.5) is 4.39 Å². The van der Waals surface area contributed by atoms with Gasteiger partial charge in [0, 0.05) is 50.1 Å². The van der Waals surface area contributed by atoms with Crippen molar-refractivity contribution in [3.63, 3.8) is 0 Å². The van der Waals surface area contributed by atoms with Crippen molar-refractivity contribution >= 4 is 33.8 Å². The zero-order chi connectivity index (χ0) is 23.3. The van der Waals surface area contributed by atoms with E-state index in [9.17, 15) is 14.7 Å². The Morgan fingerprint density at radius 1 is 1.21 bits per heavy atom. The second-order valence-corrected chi connectivity index (χ2v) is 8.43. The van der Waals surface area contributed by atoms with Gasteiger partial charge in [0.1, 0.15) is 12.4 Å². The molecule has 1 aliphatic rings. The average Bonchev–Trinajstić information content (AvgIpc) is 3.33. The number of nitrogens with zero attached hydrogens (tertiary/aromatic N) is 6. The van der Waals surface area contributed by atoms with Crippen LogP contribution < -0.4 is 0 Å². The van der Waals surface area contributed by atoms with Gasteiger partial charge in [-0.25, -0.2) is 14.1 Å². The summed E-state index contributed by atoms with van der Waals surface area (Å²) in [5, 5.41) is 19.6. The van der Waals surface area contributed by atoms with Gasteiger partial charge in [-0.15, -0.1) is 0 Å². The van der Waals surface area contributed by atoms with E-state index in [0.717, 1.165) is 5.52 Å². The number of hydrogen-bond acceptors (Lipinski definition) is 5. The summed E-state index contributed by atoms with van der Waals surface area (Å²) < 4.78 is 18.3. The quantitative estimate of drug-likeness (QED) is 0.512. The highest BCUT2D eigenvalue weighted by Gasteiger charge is 2.29. The number of carboxylic acids is 1. The molecule has 1 aliphatic heterocycles. The van der Waals surface area contributed by atoms with E-state index in [4.69, 9.17) is 0 Å². The third-order valence-corrected chi connectivity index (χ3v) is 6.40. The Hall–Kier alpha value is -3.82. The van der Waals surface area contributed by atoms with Crippen LogP contribution in [0.25, 0.3) is 33.1 Å². The monoisotopic (exact) mass is 450 g/mol. The molecule has 0 spiro atoms. The first-order valence-electron chi connectivity index (χ1n) is 10.8. The molecule has 0 bridgehead atoms. The Balaban J connectivity index is 1.70. The molecule has 1 N–H and O–H groups in total. The van der Waals surface area contributed by atoms with Gasteiger partial charge in [-0.1, -0.05) is 0 Å². The fourth-order valence-electron chi connectivity index (χ4n) is 4.72. The first-order chi connectivity index (χ1) is 15.8. The Labute approximate surface area is 188 Å². The lowest BCUT2D eigenvalue weighted by Crippen LogP contribution is -2.36. The van der Waals surface area contributed by atoms with Gasteiger partial charge in [-0.2, -0.15) is 10.2 Å². The number of benzene rings is 1. The smallest absolute Gasteiger partial charge is 0.325 e. The minimum absolute atomic E-state index is 0.00425. The van der Waals surface area contributed by atoms with E-state index >= 15 is 4.39 Å². The molecule has 3 aromatic heterocycles. The van der Waals surface area contributed by atoms with Crippen LogP contribution in [-0.4, -0.2) is 59.5 Å². The number of carbonyl (C=O) groups excluding carboxylic acids is 1. The molecule has 1 saturated heterocycles. The maximum Gasteiger partial charge on any atom is 0.325 e.